The summed E-state index contributed by atoms with van der Waals surface area (Å²) in [5.41, 5.74) is 1.09. The second kappa shape index (κ2) is 9.05. The van der Waals surface area contributed by atoms with Crippen LogP contribution in [0.25, 0.3) is 32.5 Å². The summed E-state index contributed by atoms with van der Waals surface area (Å²) in [5.74, 6) is -0.168. The van der Waals surface area contributed by atoms with Crippen molar-refractivity contribution in [3.63, 3.8) is 0 Å². The van der Waals surface area contributed by atoms with Crippen molar-refractivity contribution < 1.29 is 27.1 Å². The van der Waals surface area contributed by atoms with E-state index in [0.717, 1.165) is 5.39 Å². The number of carbonyl (C=O) groups is 1. The zero-order chi connectivity index (χ0) is 24.6. The molecule has 7 nitrogen and oxygen atoms in total. The molecule has 0 bridgehead atoms. The molecule has 178 valence electrons. The second-order valence-electron chi connectivity index (χ2n) is 8.09. The predicted octanol–water partition coefficient (Wildman–Crippen LogP) is 5.65. The number of benzene rings is 4. The van der Waals surface area contributed by atoms with Crippen molar-refractivity contribution in [2.45, 2.75) is 11.8 Å². The lowest BCUT2D eigenvalue weighted by atomic mass is 10.0. The SMILES string of the molecule is COCCOC(=O)c1c(C)oc2c1cc(NS(=O)(=O)c1cccc3ccccc13)c1ccccc12. The summed E-state index contributed by atoms with van der Waals surface area (Å²) in [6, 6.07) is 21.4. The van der Waals surface area contributed by atoms with Gasteiger partial charge < -0.3 is 13.9 Å². The molecular weight excluding hydrogens is 466 g/mol. The van der Waals surface area contributed by atoms with Gasteiger partial charge in [0.15, 0.2) is 0 Å². The average Bonchev–Trinajstić information content (AvgIpc) is 3.19. The van der Waals surface area contributed by atoms with E-state index in [4.69, 9.17) is 13.9 Å². The Labute approximate surface area is 202 Å². The molecule has 1 aromatic heterocycles. The maximum Gasteiger partial charge on any atom is 0.342 e. The van der Waals surface area contributed by atoms with Crippen LogP contribution in [0.3, 0.4) is 0 Å². The Morgan fingerprint density at radius 1 is 0.886 bits per heavy atom. The molecule has 1 heterocycles. The van der Waals surface area contributed by atoms with Crippen LogP contribution in [0, 0.1) is 6.92 Å². The van der Waals surface area contributed by atoms with Gasteiger partial charge in [-0.3, -0.25) is 4.72 Å². The standard InChI is InChI=1S/C27H23NO6S/c1-17-25(27(29)33-15-14-32-2)22-16-23(20-11-5-6-12-21(20)26(22)34-17)28-35(30,31)24-13-7-9-18-8-3-4-10-19(18)24/h3-13,16,28H,14-15H2,1-2H3. The molecular formula is C27H23NO6S. The molecule has 0 fully saturated rings. The largest absolute Gasteiger partial charge is 0.460 e. The van der Waals surface area contributed by atoms with E-state index in [1.54, 1.807) is 37.3 Å². The van der Waals surface area contributed by atoms with Gasteiger partial charge in [0.25, 0.3) is 10.0 Å². The third kappa shape index (κ3) is 4.11. The van der Waals surface area contributed by atoms with Crippen LogP contribution < -0.4 is 4.72 Å². The molecule has 1 N–H and O–H groups in total. The number of furan rings is 1. The molecule has 5 rings (SSSR count). The number of anilines is 1. The fourth-order valence-electron chi connectivity index (χ4n) is 4.30. The molecule has 5 aromatic rings. The predicted molar refractivity (Wildman–Crippen MR) is 135 cm³/mol. The highest BCUT2D eigenvalue weighted by Crippen LogP contribution is 2.38. The maximum atomic E-state index is 13.6. The van der Waals surface area contributed by atoms with Gasteiger partial charge in [-0.25, -0.2) is 13.2 Å². The number of carbonyl (C=O) groups excluding carboxylic acids is 1. The maximum absolute atomic E-state index is 13.6. The monoisotopic (exact) mass is 489 g/mol. The number of hydrogen-bond donors (Lipinski definition) is 1. The first-order valence-electron chi connectivity index (χ1n) is 11.0. The van der Waals surface area contributed by atoms with Crippen molar-refractivity contribution >= 4 is 54.2 Å². The van der Waals surface area contributed by atoms with Crippen LogP contribution >= 0.6 is 0 Å². The highest BCUT2D eigenvalue weighted by Gasteiger charge is 2.24. The van der Waals surface area contributed by atoms with E-state index in [2.05, 4.69) is 4.72 Å². The fourth-order valence-corrected chi connectivity index (χ4v) is 5.60. The first-order chi connectivity index (χ1) is 16.9. The number of methoxy groups -OCH3 is 1. The Bertz CT molecular complexity index is 1680. The minimum absolute atomic E-state index is 0.0929. The van der Waals surface area contributed by atoms with E-state index in [1.165, 1.54) is 7.11 Å². The third-order valence-corrected chi connectivity index (χ3v) is 7.30. The van der Waals surface area contributed by atoms with E-state index >= 15 is 0 Å². The molecule has 0 atom stereocenters. The van der Waals surface area contributed by atoms with Crippen LogP contribution in [0.2, 0.25) is 0 Å². The molecule has 0 saturated carbocycles. The van der Waals surface area contributed by atoms with Crippen LogP contribution in [0.4, 0.5) is 5.69 Å². The lowest BCUT2D eigenvalue weighted by molar-refractivity contribution is 0.0388. The molecule has 0 aliphatic carbocycles. The topological polar surface area (TPSA) is 94.8 Å². The van der Waals surface area contributed by atoms with Crippen molar-refractivity contribution in [2.24, 2.45) is 0 Å². The van der Waals surface area contributed by atoms with Gasteiger partial charge in [-0.1, -0.05) is 60.7 Å². The van der Waals surface area contributed by atoms with E-state index in [9.17, 15) is 13.2 Å². The number of nitrogens with one attached hydrogen (secondary N) is 1. The Morgan fingerprint density at radius 2 is 1.57 bits per heavy atom. The summed E-state index contributed by atoms with van der Waals surface area (Å²) in [5, 5.41) is 3.24. The van der Waals surface area contributed by atoms with E-state index in [1.807, 2.05) is 42.5 Å². The average molecular weight is 490 g/mol. The van der Waals surface area contributed by atoms with Gasteiger partial charge in [0, 0.05) is 28.7 Å². The van der Waals surface area contributed by atoms with E-state index in [-0.39, 0.29) is 23.7 Å². The first-order valence-corrected chi connectivity index (χ1v) is 12.5. The van der Waals surface area contributed by atoms with Crippen molar-refractivity contribution in [1.82, 2.24) is 0 Å². The number of aryl methyl sites for hydroxylation is 1. The lowest BCUT2D eigenvalue weighted by Gasteiger charge is -2.13. The molecule has 0 aliphatic heterocycles. The number of sulfonamides is 1. The van der Waals surface area contributed by atoms with E-state index in [0.29, 0.717) is 38.6 Å². The Hall–Kier alpha value is -3.88. The Kier molecular flexibility index (Phi) is 5.92. The number of rotatable bonds is 7. The number of esters is 1. The highest BCUT2D eigenvalue weighted by molar-refractivity contribution is 7.93. The minimum atomic E-state index is -3.96. The third-order valence-electron chi connectivity index (χ3n) is 5.88. The molecule has 0 spiro atoms. The van der Waals surface area contributed by atoms with Crippen molar-refractivity contribution in [1.29, 1.82) is 0 Å². The molecule has 4 aromatic carbocycles. The van der Waals surface area contributed by atoms with Crippen LogP contribution in [0.15, 0.2) is 82.1 Å². The zero-order valence-corrected chi connectivity index (χ0v) is 20.0. The fraction of sp³-hybridized carbons (Fsp3) is 0.148. The van der Waals surface area contributed by atoms with Gasteiger partial charge in [-0.05, 0) is 24.4 Å². The highest BCUT2D eigenvalue weighted by atomic mass is 32.2. The van der Waals surface area contributed by atoms with Crippen molar-refractivity contribution in [3.8, 4) is 0 Å². The summed E-state index contributed by atoms with van der Waals surface area (Å²) in [6.07, 6.45) is 0. The smallest absolute Gasteiger partial charge is 0.342 e. The van der Waals surface area contributed by atoms with E-state index < -0.39 is 16.0 Å². The molecule has 0 saturated heterocycles. The molecule has 0 aliphatic rings. The Morgan fingerprint density at radius 3 is 2.34 bits per heavy atom. The molecule has 0 radical (unpaired) electrons. The summed E-state index contributed by atoms with van der Waals surface area (Å²) < 4.78 is 46.1. The van der Waals surface area contributed by atoms with Gasteiger partial charge in [0.05, 0.1) is 17.2 Å². The number of hydrogen-bond acceptors (Lipinski definition) is 6. The van der Waals surface area contributed by atoms with Gasteiger partial charge in [-0.15, -0.1) is 0 Å². The van der Waals surface area contributed by atoms with Crippen molar-refractivity contribution in [2.75, 3.05) is 25.0 Å². The summed E-state index contributed by atoms with van der Waals surface area (Å²) in [4.78, 5) is 13.0. The van der Waals surface area contributed by atoms with Crippen LogP contribution in [-0.2, 0) is 19.5 Å². The summed E-state index contributed by atoms with van der Waals surface area (Å²) in [6.45, 7) is 2.04. The van der Waals surface area contributed by atoms with Crippen LogP contribution in [0.1, 0.15) is 16.1 Å². The van der Waals surface area contributed by atoms with Gasteiger partial charge in [0.1, 0.15) is 23.5 Å². The second-order valence-corrected chi connectivity index (χ2v) is 9.74. The molecule has 35 heavy (non-hydrogen) atoms. The lowest BCUT2D eigenvalue weighted by Crippen LogP contribution is -2.14. The zero-order valence-electron chi connectivity index (χ0n) is 19.2. The number of fused-ring (bicyclic) bond motifs is 4. The quantitative estimate of drug-likeness (QED) is 0.234. The molecule has 0 amide bonds. The minimum Gasteiger partial charge on any atom is -0.460 e. The number of ether oxygens (including phenoxy) is 2. The van der Waals surface area contributed by atoms with Gasteiger partial charge in [0.2, 0.25) is 0 Å². The van der Waals surface area contributed by atoms with Crippen LogP contribution in [-0.4, -0.2) is 34.7 Å². The molecule has 0 unspecified atom stereocenters. The molecule has 8 heteroatoms. The van der Waals surface area contributed by atoms with Gasteiger partial charge in [-0.2, -0.15) is 0 Å². The van der Waals surface area contributed by atoms with Gasteiger partial charge >= 0.3 is 5.97 Å². The van der Waals surface area contributed by atoms with Crippen LogP contribution in [0.5, 0.6) is 0 Å². The van der Waals surface area contributed by atoms with Crippen molar-refractivity contribution in [3.05, 3.63) is 84.1 Å². The normalized spacial score (nSPS) is 11.8. The Balaban J connectivity index is 1.67. The first kappa shape index (κ1) is 22.9. The summed E-state index contributed by atoms with van der Waals surface area (Å²) in [7, 11) is -2.44. The summed E-state index contributed by atoms with van der Waals surface area (Å²) >= 11 is 0.